The molecule has 5 atom stereocenters. The molecule has 2 aromatic carbocycles. The molecule has 1 aromatic heterocycles. The number of hydrogen-bond acceptors (Lipinski definition) is 11. The zero-order valence-electron chi connectivity index (χ0n) is 38.8. The van der Waals surface area contributed by atoms with Crippen molar-refractivity contribution in [3.05, 3.63) is 95.8 Å². The molecule has 70 heavy (non-hydrogen) atoms. The van der Waals surface area contributed by atoms with Crippen LogP contribution in [-0.4, -0.2) is 133 Å². The van der Waals surface area contributed by atoms with Gasteiger partial charge in [0.2, 0.25) is 29.5 Å². The van der Waals surface area contributed by atoms with Crippen LogP contribution in [0.25, 0.3) is 11.1 Å². The number of halogens is 2. The molecular formula is C47H56F2N8O13. The second kappa shape index (κ2) is 24.5. The largest absolute Gasteiger partial charge is 0.481 e. The van der Waals surface area contributed by atoms with Gasteiger partial charge in [-0.3, -0.25) is 43.3 Å². The van der Waals surface area contributed by atoms with Crippen LogP contribution in [0.3, 0.4) is 0 Å². The smallest absolute Gasteiger partial charge is 0.326 e. The van der Waals surface area contributed by atoms with E-state index < -0.39 is 152 Å². The lowest BCUT2D eigenvalue weighted by Crippen LogP contribution is -2.62. The molecule has 0 radical (unpaired) electrons. The van der Waals surface area contributed by atoms with Gasteiger partial charge >= 0.3 is 17.9 Å². The second-order valence-electron chi connectivity index (χ2n) is 17.5. The van der Waals surface area contributed by atoms with E-state index in [1.54, 1.807) is 12.3 Å². The summed E-state index contributed by atoms with van der Waals surface area (Å²) in [6, 6.07) is 5.96. The molecule has 1 aliphatic heterocycles. The van der Waals surface area contributed by atoms with Crippen molar-refractivity contribution in [3.8, 4) is 11.1 Å². The molecule has 4 rings (SSSR count). The van der Waals surface area contributed by atoms with Crippen molar-refractivity contribution in [2.75, 3.05) is 19.6 Å². The van der Waals surface area contributed by atoms with Crippen molar-refractivity contribution in [3.63, 3.8) is 0 Å². The second-order valence-corrected chi connectivity index (χ2v) is 17.5. The number of carbonyl (C=O) groups is 10. The number of amides is 7. The Morgan fingerprint density at radius 3 is 2.04 bits per heavy atom. The van der Waals surface area contributed by atoms with Crippen LogP contribution in [0, 0.1) is 17.0 Å². The molecule has 1 aliphatic rings. The molecule has 0 fully saturated rings. The predicted molar refractivity (Wildman–Crippen MR) is 244 cm³/mol. The molecule has 0 aliphatic carbocycles. The van der Waals surface area contributed by atoms with Gasteiger partial charge < -0.3 is 51.8 Å². The number of rotatable bonds is 26. The minimum atomic E-state index is -2.15. The first-order valence-electron chi connectivity index (χ1n) is 22.0. The van der Waals surface area contributed by atoms with Crippen molar-refractivity contribution in [2.45, 2.75) is 96.6 Å². The summed E-state index contributed by atoms with van der Waals surface area (Å²) in [6.07, 6.45) is 0.391. The number of primary amides is 1. The molecule has 21 nitrogen and oxygen atoms in total. The number of nitrogens with zero attached hydrogens (tertiary/aromatic N) is 3. The molecule has 0 saturated heterocycles. The molecule has 0 unspecified atom stereocenters. The lowest BCUT2D eigenvalue weighted by atomic mass is 9.84. The van der Waals surface area contributed by atoms with E-state index in [1.165, 1.54) is 0 Å². The summed E-state index contributed by atoms with van der Waals surface area (Å²) in [5.41, 5.74) is 6.47. The lowest BCUT2D eigenvalue weighted by molar-refractivity contribution is -0.157. The van der Waals surface area contributed by atoms with Gasteiger partial charge in [0.1, 0.15) is 42.3 Å². The molecule has 0 spiro atoms. The van der Waals surface area contributed by atoms with Crippen LogP contribution in [0.2, 0.25) is 0 Å². The highest BCUT2D eigenvalue weighted by molar-refractivity contribution is 6.14. The number of hydrogen-bond donors (Lipinski definition) is 8. The zero-order valence-corrected chi connectivity index (χ0v) is 38.8. The number of imide groups is 1. The Kier molecular flexibility index (Phi) is 19.1. The zero-order chi connectivity index (χ0) is 52.0. The average molecular weight is 979 g/mol. The molecule has 2 heterocycles. The third-order valence-corrected chi connectivity index (χ3v) is 11.1. The predicted octanol–water partition coefficient (Wildman–Crippen LogP) is 1.44. The van der Waals surface area contributed by atoms with Crippen LogP contribution in [0.15, 0.2) is 72.9 Å². The van der Waals surface area contributed by atoms with Crippen molar-refractivity contribution in [2.24, 2.45) is 11.1 Å². The molecule has 3 aromatic rings. The minimum Gasteiger partial charge on any atom is -0.481 e. The fourth-order valence-corrected chi connectivity index (χ4v) is 7.70. The minimum absolute atomic E-state index is 0.0234. The van der Waals surface area contributed by atoms with Crippen LogP contribution in [0.1, 0.15) is 77.1 Å². The molecule has 7 amide bonds. The van der Waals surface area contributed by atoms with Crippen LogP contribution in [-0.2, 0) is 54.5 Å². The summed E-state index contributed by atoms with van der Waals surface area (Å²) < 4.78 is 31.6. The number of aromatic nitrogens is 1. The third-order valence-electron chi connectivity index (χ3n) is 11.1. The van der Waals surface area contributed by atoms with Gasteiger partial charge in [-0.1, -0.05) is 51.1 Å². The van der Waals surface area contributed by atoms with E-state index in [0.717, 1.165) is 42.8 Å². The first-order chi connectivity index (χ1) is 32.9. The monoisotopic (exact) mass is 978 g/mol. The van der Waals surface area contributed by atoms with Gasteiger partial charge in [-0.15, -0.1) is 0 Å². The first kappa shape index (κ1) is 54.8. The average Bonchev–Trinajstić information content (AvgIpc) is 3.83. The fourth-order valence-electron chi connectivity index (χ4n) is 7.70. The van der Waals surface area contributed by atoms with E-state index in [2.05, 4.69) is 21.3 Å². The SMILES string of the molecule is C[C@H](NC(=O)CN1C(=O)C=CC1=O)C(=O)N([C@@H](CC(N)=O)C(=O)O)[C@@H](CCN[C@@H](c1cc(-c2cc(F)ccc2F)cn1Cc1ccccc1)C(C)(C)C)C(=O)NCCC(=O)N[C@@H](CCC(=O)O)C(=O)O. The van der Waals surface area contributed by atoms with Gasteiger partial charge in [-0.2, -0.15) is 0 Å². The number of nitrogens with one attached hydrogen (secondary N) is 4. The number of carboxylic acids is 3. The molecule has 0 saturated carbocycles. The number of aliphatic carboxylic acids is 3. The molecule has 376 valence electrons. The Morgan fingerprint density at radius 1 is 0.800 bits per heavy atom. The maximum absolute atomic E-state index is 15.2. The summed E-state index contributed by atoms with van der Waals surface area (Å²) >= 11 is 0. The third kappa shape index (κ3) is 15.3. The summed E-state index contributed by atoms with van der Waals surface area (Å²) in [7, 11) is 0. The Morgan fingerprint density at radius 2 is 1.46 bits per heavy atom. The summed E-state index contributed by atoms with van der Waals surface area (Å²) in [4.78, 5) is 128. The van der Waals surface area contributed by atoms with Crippen molar-refractivity contribution >= 4 is 59.3 Å². The topological polar surface area (TPSA) is 317 Å². The Bertz CT molecular complexity index is 2490. The standard InChI is InChI=1S/C47H56F2N8O13/c1-26(53-38(60)25-56-39(61)13-14-40(56)62)44(66)57(35(46(69)70)22-36(50)58)33(43(65)52-19-17-37(59)54-32(45(67)68)12-15-41(63)64)16-18-51-42(47(2,3)4)34-20-28(30-21-29(48)10-11-31(30)49)24-55(34)23-27-8-6-5-7-9-27/h5-11,13-14,20-21,24,26,32-33,35,42,51H,12,15-19,22-23,25H2,1-4H3,(H2,50,58)(H,52,65)(H,53,60)(H,54,59)(H,63,64)(H,67,68)(H,69,70)/t26-,32-,33-,35-,42-/m0/s1. The number of carbonyl (C=O) groups excluding carboxylic acids is 7. The van der Waals surface area contributed by atoms with Crippen LogP contribution < -0.4 is 27.0 Å². The molecular weight excluding hydrogens is 923 g/mol. The van der Waals surface area contributed by atoms with Gasteiger partial charge in [0.25, 0.3) is 11.8 Å². The van der Waals surface area contributed by atoms with E-state index in [0.29, 0.717) is 21.1 Å². The maximum atomic E-state index is 15.2. The Hall–Kier alpha value is -7.82. The highest BCUT2D eigenvalue weighted by Gasteiger charge is 2.42. The van der Waals surface area contributed by atoms with Crippen LogP contribution in [0.4, 0.5) is 8.78 Å². The van der Waals surface area contributed by atoms with Gasteiger partial charge in [-0.25, -0.2) is 18.4 Å². The van der Waals surface area contributed by atoms with Gasteiger partial charge in [-0.05, 0) is 61.6 Å². The van der Waals surface area contributed by atoms with Gasteiger partial charge in [0.05, 0.1) is 12.5 Å². The van der Waals surface area contributed by atoms with E-state index in [1.807, 2.05) is 55.7 Å². The van der Waals surface area contributed by atoms with Crippen molar-refractivity contribution < 1.29 is 72.0 Å². The number of carboxylic acid groups (broad SMARTS) is 3. The van der Waals surface area contributed by atoms with Crippen LogP contribution in [0.5, 0.6) is 0 Å². The molecule has 0 bridgehead atoms. The normalized spacial score (nSPS) is 14.5. The maximum Gasteiger partial charge on any atom is 0.326 e. The summed E-state index contributed by atoms with van der Waals surface area (Å²) in [6.45, 7) is 5.40. The van der Waals surface area contributed by atoms with E-state index in [4.69, 9.17) is 10.8 Å². The van der Waals surface area contributed by atoms with Crippen LogP contribution >= 0.6 is 0 Å². The Labute approximate surface area is 400 Å². The Balaban J connectivity index is 1.74. The molecule has 23 heteroatoms. The number of benzene rings is 2. The van der Waals surface area contributed by atoms with E-state index in [9.17, 15) is 62.5 Å². The summed E-state index contributed by atoms with van der Waals surface area (Å²) in [5.74, 6) is -13.1. The fraction of sp³-hybridized carbons (Fsp3) is 0.404. The highest BCUT2D eigenvalue weighted by atomic mass is 19.1. The van der Waals surface area contributed by atoms with Gasteiger partial charge in [0, 0.05) is 61.1 Å². The van der Waals surface area contributed by atoms with E-state index >= 15 is 4.39 Å². The first-order valence-corrected chi connectivity index (χ1v) is 22.0. The summed E-state index contributed by atoms with van der Waals surface area (Å²) in [5, 5.41) is 39.2. The van der Waals surface area contributed by atoms with Crippen molar-refractivity contribution in [1.29, 1.82) is 0 Å². The quantitative estimate of drug-likeness (QED) is 0.0529. The molecule has 9 N–H and O–H groups in total. The van der Waals surface area contributed by atoms with E-state index in [-0.39, 0.29) is 18.7 Å². The van der Waals surface area contributed by atoms with Gasteiger partial charge in [0.15, 0.2) is 0 Å². The van der Waals surface area contributed by atoms with Crippen molar-refractivity contribution in [1.82, 2.24) is 35.6 Å². The highest BCUT2D eigenvalue weighted by Crippen LogP contribution is 2.37. The number of nitrogens with two attached hydrogens (primary N) is 1. The lowest BCUT2D eigenvalue weighted by Gasteiger charge is -2.38.